The van der Waals surface area contributed by atoms with Gasteiger partial charge in [-0.2, -0.15) is 0 Å². The molecule has 0 unspecified atom stereocenters. The predicted molar refractivity (Wildman–Crippen MR) is 115 cm³/mol. The van der Waals surface area contributed by atoms with Gasteiger partial charge in [0.1, 0.15) is 0 Å². The van der Waals surface area contributed by atoms with Crippen LogP contribution in [0, 0.1) is 0 Å². The van der Waals surface area contributed by atoms with Gasteiger partial charge >= 0.3 is 0 Å². The van der Waals surface area contributed by atoms with Crippen LogP contribution >= 0.6 is 0 Å². The van der Waals surface area contributed by atoms with E-state index in [1.54, 1.807) is 0 Å². The first-order valence-corrected chi connectivity index (χ1v) is 11.4. The second kappa shape index (κ2) is 17.6. The fraction of sp³-hybridized carbons (Fsp3) is 0.870. The fourth-order valence-corrected chi connectivity index (χ4v) is 3.66. The van der Waals surface area contributed by atoms with Crippen LogP contribution in [0.5, 0.6) is 0 Å². The molecule has 26 heavy (non-hydrogen) atoms. The normalized spacial score (nSPS) is 14.5. The minimum Gasteiger partial charge on any atom is -0.395 e. The molecule has 1 N–H and O–H groups in total. The van der Waals surface area contributed by atoms with Gasteiger partial charge < -0.3 is 10.0 Å². The zero-order chi connectivity index (χ0) is 18.7. The van der Waals surface area contributed by atoms with E-state index in [0.717, 1.165) is 26.1 Å². The first-order chi connectivity index (χ1) is 12.9. The molecule has 0 amide bonds. The Bertz CT molecular complexity index is 365. The summed E-state index contributed by atoms with van der Waals surface area (Å²) < 4.78 is 0. The van der Waals surface area contributed by atoms with Crippen LogP contribution in [-0.4, -0.2) is 42.1 Å². The lowest BCUT2D eigenvalue weighted by atomic mass is 10.1. The molecule has 1 aliphatic rings. The summed E-state index contributed by atoms with van der Waals surface area (Å²) in [5.74, 6) is 1.22. The van der Waals surface area contributed by atoms with Crippen LogP contribution in [0.1, 0.15) is 103 Å². The summed E-state index contributed by atoms with van der Waals surface area (Å²) in [6, 6.07) is 0. The molecule has 1 heterocycles. The van der Waals surface area contributed by atoms with Crippen molar-refractivity contribution in [3.8, 4) is 0 Å². The molecule has 0 saturated carbocycles. The number of rotatable bonds is 18. The number of hydrogen-bond donors (Lipinski definition) is 1. The second-order valence-corrected chi connectivity index (χ2v) is 7.70. The Hall–Kier alpha value is -0.830. The molecule has 1 rings (SSSR count). The van der Waals surface area contributed by atoms with Crippen LogP contribution in [0.4, 0.5) is 0 Å². The first-order valence-electron chi connectivity index (χ1n) is 11.4. The SMILES string of the molecule is CCCCCCCCCCCC/C=C/CCCCC1=NCCN1CCO. The second-order valence-electron chi connectivity index (χ2n) is 7.70. The third-order valence-electron chi connectivity index (χ3n) is 5.31. The van der Waals surface area contributed by atoms with Crippen molar-refractivity contribution in [2.24, 2.45) is 4.99 Å². The molecule has 0 fully saturated rings. The summed E-state index contributed by atoms with van der Waals surface area (Å²) in [5.41, 5.74) is 0. The lowest BCUT2D eigenvalue weighted by Crippen LogP contribution is -2.30. The van der Waals surface area contributed by atoms with Crippen LogP contribution in [0.2, 0.25) is 0 Å². The van der Waals surface area contributed by atoms with Crippen LogP contribution in [-0.2, 0) is 0 Å². The maximum Gasteiger partial charge on any atom is 0.0991 e. The number of allylic oxidation sites excluding steroid dienone is 2. The Balaban J connectivity index is 1.81. The van der Waals surface area contributed by atoms with Gasteiger partial charge in [0.2, 0.25) is 0 Å². The number of aliphatic hydroxyl groups excluding tert-OH is 1. The van der Waals surface area contributed by atoms with E-state index in [1.807, 2.05) is 0 Å². The molecule has 0 aromatic rings. The zero-order valence-electron chi connectivity index (χ0n) is 17.4. The van der Waals surface area contributed by atoms with E-state index in [-0.39, 0.29) is 6.61 Å². The molecule has 0 saturated heterocycles. The van der Waals surface area contributed by atoms with E-state index >= 15 is 0 Å². The van der Waals surface area contributed by atoms with Gasteiger partial charge in [-0.1, -0.05) is 76.9 Å². The predicted octanol–water partition coefficient (Wildman–Crippen LogP) is 6.12. The maximum atomic E-state index is 9.05. The smallest absolute Gasteiger partial charge is 0.0991 e. The molecule has 0 bridgehead atoms. The summed E-state index contributed by atoms with van der Waals surface area (Å²) in [4.78, 5) is 6.79. The topological polar surface area (TPSA) is 35.8 Å². The van der Waals surface area contributed by atoms with E-state index in [4.69, 9.17) is 5.11 Å². The third kappa shape index (κ3) is 12.5. The standard InChI is InChI=1S/C23H44N2O/c1-2-3-4-5-6-7-8-9-10-11-12-13-14-15-16-17-18-23-24-19-20-25(23)21-22-26/h13-14,26H,2-12,15-22H2,1H3/b14-13+. The highest BCUT2D eigenvalue weighted by Crippen LogP contribution is 2.12. The van der Waals surface area contributed by atoms with Gasteiger partial charge in [0, 0.05) is 19.5 Å². The van der Waals surface area contributed by atoms with Crippen LogP contribution in [0.15, 0.2) is 17.1 Å². The van der Waals surface area contributed by atoms with Crippen molar-refractivity contribution in [2.45, 2.75) is 103 Å². The Morgan fingerprint density at radius 1 is 0.846 bits per heavy atom. The van der Waals surface area contributed by atoms with E-state index in [9.17, 15) is 0 Å². The van der Waals surface area contributed by atoms with Crippen molar-refractivity contribution >= 4 is 5.84 Å². The zero-order valence-corrected chi connectivity index (χ0v) is 17.4. The molecule has 0 atom stereocenters. The van der Waals surface area contributed by atoms with Crippen molar-refractivity contribution < 1.29 is 5.11 Å². The number of aliphatic hydroxyl groups is 1. The molecule has 3 nitrogen and oxygen atoms in total. The summed E-state index contributed by atoms with van der Waals surface area (Å²) in [6.45, 7) is 5.18. The van der Waals surface area contributed by atoms with E-state index in [2.05, 4.69) is 29.0 Å². The molecule has 0 aliphatic carbocycles. The van der Waals surface area contributed by atoms with Gasteiger partial charge in [-0.3, -0.25) is 4.99 Å². The first kappa shape index (κ1) is 23.2. The molecule has 3 heteroatoms. The summed E-state index contributed by atoms with van der Waals surface area (Å²) in [7, 11) is 0. The summed E-state index contributed by atoms with van der Waals surface area (Å²) in [5, 5.41) is 9.05. The van der Waals surface area contributed by atoms with Crippen molar-refractivity contribution in [1.29, 1.82) is 0 Å². The average Bonchev–Trinajstić information content (AvgIpc) is 3.09. The molecule has 0 spiro atoms. The number of aliphatic imine (C=N–C) groups is 1. The van der Waals surface area contributed by atoms with E-state index in [1.165, 1.54) is 95.7 Å². The molecular weight excluding hydrogens is 320 g/mol. The average molecular weight is 365 g/mol. The number of hydrogen-bond acceptors (Lipinski definition) is 3. The molecule has 0 aromatic heterocycles. The monoisotopic (exact) mass is 364 g/mol. The Kier molecular flexibility index (Phi) is 15.7. The van der Waals surface area contributed by atoms with Crippen molar-refractivity contribution in [2.75, 3.05) is 26.2 Å². The molecular formula is C23H44N2O. The third-order valence-corrected chi connectivity index (χ3v) is 5.31. The van der Waals surface area contributed by atoms with Gasteiger partial charge in [0.15, 0.2) is 0 Å². The van der Waals surface area contributed by atoms with Crippen molar-refractivity contribution in [3.05, 3.63) is 12.2 Å². The number of β-amino-alcohol motifs (C(OH)–C–C–N with tert-alkyl or cyclic N) is 1. The van der Waals surface area contributed by atoms with Crippen LogP contribution in [0.3, 0.4) is 0 Å². The minimum atomic E-state index is 0.237. The quantitative estimate of drug-likeness (QED) is 0.235. The summed E-state index contributed by atoms with van der Waals surface area (Å²) in [6.07, 6.45) is 24.9. The lowest BCUT2D eigenvalue weighted by molar-refractivity contribution is 0.255. The van der Waals surface area contributed by atoms with Crippen LogP contribution in [0.25, 0.3) is 0 Å². The molecule has 0 radical (unpaired) electrons. The molecule has 1 aliphatic heterocycles. The van der Waals surface area contributed by atoms with Crippen molar-refractivity contribution in [3.63, 3.8) is 0 Å². The number of nitrogens with zero attached hydrogens (tertiary/aromatic N) is 2. The van der Waals surface area contributed by atoms with Gasteiger partial charge in [0.25, 0.3) is 0 Å². The van der Waals surface area contributed by atoms with Crippen molar-refractivity contribution in [1.82, 2.24) is 4.90 Å². The number of unbranched alkanes of at least 4 members (excludes halogenated alkanes) is 12. The number of amidine groups is 1. The Morgan fingerprint density at radius 2 is 1.42 bits per heavy atom. The highest BCUT2D eigenvalue weighted by Gasteiger charge is 2.14. The van der Waals surface area contributed by atoms with Gasteiger partial charge in [-0.25, -0.2) is 0 Å². The minimum absolute atomic E-state index is 0.237. The molecule has 0 aromatic carbocycles. The van der Waals surface area contributed by atoms with Gasteiger partial charge in [-0.05, 0) is 32.1 Å². The largest absolute Gasteiger partial charge is 0.395 e. The van der Waals surface area contributed by atoms with E-state index in [0.29, 0.717) is 0 Å². The highest BCUT2D eigenvalue weighted by atomic mass is 16.3. The highest BCUT2D eigenvalue weighted by molar-refractivity contribution is 5.83. The van der Waals surface area contributed by atoms with Crippen LogP contribution < -0.4 is 0 Å². The van der Waals surface area contributed by atoms with Gasteiger partial charge in [0.05, 0.1) is 19.0 Å². The van der Waals surface area contributed by atoms with Gasteiger partial charge in [-0.15, -0.1) is 0 Å². The van der Waals surface area contributed by atoms with E-state index < -0.39 is 0 Å². The molecule has 152 valence electrons. The summed E-state index contributed by atoms with van der Waals surface area (Å²) >= 11 is 0. The Labute approximate surface area is 163 Å². The Morgan fingerprint density at radius 3 is 2.04 bits per heavy atom. The fourth-order valence-electron chi connectivity index (χ4n) is 3.66. The lowest BCUT2D eigenvalue weighted by Gasteiger charge is -2.18. The maximum absolute atomic E-state index is 9.05.